The molecule has 202 valence electrons. The Labute approximate surface area is 242 Å². The molecule has 4 aromatic carbocycles. The van der Waals surface area contributed by atoms with Gasteiger partial charge in [-0.3, -0.25) is 8.98 Å². The second-order valence-corrected chi connectivity index (χ2v) is 11.8. The number of anilines is 2. The average molecular weight is 629 g/mol. The number of hydrogen-bond acceptors (Lipinski definition) is 6. The molecule has 4 rings (SSSR count). The van der Waals surface area contributed by atoms with Crippen LogP contribution in [0, 0.1) is 13.8 Å². The van der Waals surface area contributed by atoms with E-state index in [1.807, 2.05) is 50.2 Å². The van der Waals surface area contributed by atoms with Crippen LogP contribution in [0.25, 0.3) is 0 Å². The number of aryl methyl sites for hydroxylation is 2. The molecule has 0 saturated carbocycles. The molecular weight excluding hydrogens is 602 g/mol. The van der Waals surface area contributed by atoms with Crippen molar-refractivity contribution in [3.8, 4) is 0 Å². The van der Waals surface area contributed by atoms with E-state index in [1.54, 1.807) is 36.4 Å². The van der Waals surface area contributed by atoms with Crippen LogP contribution in [0.1, 0.15) is 32.6 Å². The summed E-state index contributed by atoms with van der Waals surface area (Å²) in [6, 6.07) is 24.8. The summed E-state index contributed by atoms with van der Waals surface area (Å²) in [6.45, 7) is 3.96. The van der Waals surface area contributed by atoms with E-state index in [1.165, 1.54) is 12.1 Å². The van der Waals surface area contributed by atoms with Crippen LogP contribution >= 0.6 is 27.5 Å². The number of halogens is 2. The van der Waals surface area contributed by atoms with Crippen molar-refractivity contribution in [1.82, 2.24) is 0 Å². The molecule has 0 heterocycles. The van der Waals surface area contributed by atoms with E-state index in [0.29, 0.717) is 21.8 Å². The fourth-order valence-corrected chi connectivity index (χ4v) is 5.43. The monoisotopic (exact) mass is 627 g/mol. The van der Waals surface area contributed by atoms with Crippen molar-refractivity contribution >= 4 is 54.8 Å². The Kier molecular flexibility index (Phi) is 9.58. The number of carbonyl (C=O) groups is 1. The van der Waals surface area contributed by atoms with Crippen molar-refractivity contribution in [3.05, 3.63) is 122 Å². The summed E-state index contributed by atoms with van der Waals surface area (Å²) in [5.74, 6) is -0.131. The lowest BCUT2D eigenvalue weighted by Crippen LogP contribution is -2.12. The van der Waals surface area contributed by atoms with Gasteiger partial charge in [0.25, 0.3) is 10.1 Å². The number of benzene rings is 4. The highest BCUT2D eigenvalue weighted by molar-refractivity contribution is 9.10. The molecule has 0 aliphatic carbocycles. The van der Waals surface area contributed by atoms with Crippen LogP contribution < -0.4 is 5.32 Å². The van der Waals surface area contributed by atoms with Crippen LogP contribution in [0.4, 0.5) is 11.4 Å². The standard InChI is InChI=1S/C30H27BrClNO5S/c1-20-7-11-25(12-8-20)39(35,36)38-16-15-37-19-22-17-23(31)9-14-29(22)33-24-10-13-27(28(32)18-24)30(34)26-6-4-3-5-21(26)2/h3-14,17-18,33H,15-16,19H2,1-2H3. The molecule has 0 radical (unpaired) electrons. The van der Waals surface area contributed by atoms with E-state index in [2.05, 4.69) is 21.2 Å². The third-order valence-electron chi connectivity index (χ3n) is 5.98. The molecule has 0 amide bonds. The van der Waals surface area contributed by atoms with E-state index in [4.69, 9.17) is 20.5 Å². The molecule has 0 unspecified atom stereocenters. The first kappa shape index (κ1) is 29.0. The van der Waals surface area contributed by atoms with E-state index in [-0.39, 0.29) is 30.5 Å². The van der Waals surface area contributed by atoms with Crippen molar-refractivity contribution < 1.29 is 22.1 Å². The van der Waals surface area contributed by atoms with Crippen molar-refractivity contribution in [1.29, 1.82) is 0 Å². The topological polar surface area (TPSA) is 81.7 Å². The molecule has 0 atom stereocenters. The van der Waals surface area contributed by atoms with Gasteiger partial charge in [-0.1, -0.05) is 69.5 Å². The molecule has 1 N–H and O–H groups in total. The van der Waals surface area contributed by atoms with E-state index in [9.17, 15) is 13.2 Å². The summed E-state index contributed by atoms with van der Waals surface area (Å²) in [7, 11) is -3.85. The number of carbonyl (C=O) groups excluding carboxylic acids is 1. The van der Waals surface area contributed by atoms with Crippen LogP contribution in [-0.2, 0) is 25.6 Å². The zero-order chi connectivity index (χ0) is 28.0. The number of ether oxygens (including phenoxy) is 1. The average Bonchev–Trinajstić information content (AvgIpc) is 2.90. The van der Waals surface area contributed by atoms with Gasteiger partial charge in [-0.2, -0.15) is 8.42 Å². The summed E-state index contributed by atoms with van der Waals surface area (Å²) in [6.07, 6.45) is 0. The lowest BCUT2D eigenvalue weighted by Gasteiger charge is -2.15. The fourth-order valence-electron chi connectivity index (χ4n) is 3.87. The Hall–Kier alpha value is -3.01. The Balaban J connectivity index is 1.38. The lowest BCUT2D eigenvalue weighted by molar-refractivity contribution is 0.0910. The van der Waals surface area contributed by atoms with Gasteiger partial charge in [0.15, 0.2) is 5.78 Å². The zero-order valence-corrected chi connectivity index (χ0v) is 24.6. The summed E-state index contributed by atoms with van der Waals surface area (Å²) < 4.78 is 36.4. The Morgan fingerprint density at radius 2 is 1.64 bits per heavy atom. The van der Waals surface area contributed by atoms with Gasteiger partial charge in [0, 0.05) is 32.5 Å². The van der Waals surface area contributed by atoms with Gasteiger partial charge in [-0.05, 0) is 67.9 Å². The van der Waals surface area contributed by atoms with Gasteiger partial charge in [0.05, 0.1) is 29.7 Å². The third kappa shape index (κ3) is 7.56. The van der Waals surface area contributed by atoms with E-state index < -0.39 is 10.1 Å². The molecule has 0 saturated heterocycles. The minimum atomic E-state index is -3.85. The number of hydrogen-bond donors (Lipinski definition) is 1. The van der Waals surface area contributed by atoms with Gasteiger partial charge in [0.2, 0.25) is 0 Å². The first-order valence-electron chi connectivity index (χ1n) is 12.1. The van der Waals surface area contributed by atoms with Gasteiger partial charge in [-0.25, -0.2) is 0 Å². The molecule has 0 aliphatic rings. The minimum absolute atomic E-state index is 0.0819. The van der Waals surface area contributed by atoms with Gasteiger partial charge < -0.3 is 10.1 Å². The summed E-state index contributed by atoms with van der Waals surface area (Å²) in [5.41, 5.74) is 5.21. The Bertz CT molecular complexity index is 1590. The first-order chi connectivity index (χ1) is 18.6. The van der Waals surface area contributed by atoms with Crippen molar-refractivity contribution in [3.63, 3.8) is 0 Å². The molecular formula is C30H27BrClNO5S. The van der Waals surface area contributed by atoms with Gasteiger partial charge >= 0.3 is 0 Å². The fraction of sp³-hybridized carbons (Fsp3) is 0.167. The van der Waals surface area contributed by atoms with Crippen LogP contribution in [0.5, 0.6) is 0 Å². The van der Waals surface area contributed by atoms with Gasteiger partial charge in [-0.15, -0.1) is 0 Å². The summed E-state index contributed by atoms with van der Waals surface area (Å²) in [5, 5.41) is 3.67. The maximum atomic E-state index is 13.0. The van der Waals surface area contributed by atoms with Crippen molar-refractivity contribution in [2.45, 2.75) is 25.3 Å². The van der Waals surface area contributed by atoms with Crippen molar-refractivity contribution in [2.24, 2.45) is 0 Å². The molecule has 39 heavy (non-hydrogen) atoms. The second-order valence-electron chi connectivity index (χ2n) is 8.91. The molecule has 9 heteroatoms. The normalized spacial score (nSPS) is 11.4. The largest absolute Gasteiger partial charge is 0.374 e. The van der Waals surface area contributed by atoms with E-state index >= 15 is 0 Å². The predicted molar refractivity (Wildman–Crippen MR) is 157 cm³/mol. The van der Waals surface area contributed by atoms with Crippen LogP contribution in [0.3, 0.4) is 0 Å². The summed E-state index contributed by atoms with van der Waals surface area (Å²) in [4.78, 5) is 13.1. The molecule has 0 spiro atoms. The Morgan fingerprint density at radius 1 is 0.897 bits per heavy atom. The van der Waals surface area contributed by atoms with Crippen LogP contribution in [0.2, 0.25) is 5.02 Å². The highest BCUT2D eigenvalue weighted by Gasteiger charge is 2.16. The predicted octanol–water partition coefficient (Wildman–Crippen LogP) is 7.62. The molecule has 4 aromatic rings. The smallest absolute Gasteiger partial charge is 0.297 e. The number of nitrogens with one attached hydrogen (secondary N) is 1. The van der Waals surface area contributed by atoms with Crippen LogP contribution in [0.15, 0.2) is 94.3 Å². The molecule has 0 aliphatic heterocycles. The maximum Gasteiger partial charge on any atom is 0.297 e. The molecule has 6 nitrogen and oxygen atoms in total. The lowest BCUT2D eigenvalue weighted by atomic mass is 9.99. The quantitative estimate of drug-likeness (QED) is 0.105. The Morgan fingerprint density at radius 3 is 2.36 bits per heavy atom. The number of rotatable bonds is 11. The minimum Gasteiger partial charge on any atom is -0.374 e. The third-order valence-corrected chi connectivity index (χ3v) is 8.12. The maximum absolute atomic E-state index is 13.0. The molecule has 0 aromatic heterocycles. The zero-order valence-electron chi connectivity index (χ0n) is 21.4. The molecule has 0 fully saturated rings. The first-order valence-corrected chi connectivity index (χ1v) is 14.7. The van der Waals surface area contributed by atoms with Gasteiger partial charge in [0.1, 0.15) is 0 Å². The van der Waals surface area contributed by atoms with Crippen LogP contribution in [-0.4, -0.2) is 27.4 Å². The number of ketones is 1. The van der Waals surface area contributed by atoms with Crippen molar-refractivity contribution in [2.75, 3.05) is 18.5 Å². The molecule has 0 bridgehead atoms. The summed E-state index contributed by atoms with van der Waals surface area (Å²) >= 11 is 9.99. The second kappa shape index (κ2) is 12.9. The van der Waals surface area contributed by atoms with E-state index in [0.717, 1.165) is 26.9 Å². The highest BCUT2D eigenvalue weighted by Crippen LogP contribution is 2.29. The SMILES string of the molecule is Cc1ccc(S(=O)(=O)OCCOCc2cc(Br)ccc2Nc2ccc(C(=O)c3ccccc3C)c(Cl)c2)cc1. The highest BCUT2D eigenvalue weighted by atomic mass is 79.9.